The minimum absolute atomic E-state index is 0.276. The fraction of sp³-hybridized carbons (Fsp3) is 0.308. The van der Waals surface area contributed by atoms with Gasteiger partial charge in [-0.2, -0.15) is 0 Å². The number of aromatic nitrogens is 1. The molecular formula is C13H9ClF3NO. The van der Waals surface area contributed by atoms with E-state index in [2.05, 4.69) is 9.72 Å². The molecule has 0 bridgehead atoms. The van der Waals surface area contributed by atoms with E-state index in [9.17, 15) is 13.2 Å². The summed E-state index contributed by atoms with van der Waals surface area (Å²) in [7, 11) is 0. The van der Waals surface area contributed by atoms with E-state index in [0.717, 1.165) is 30.5 Å². The number of ether oxygens (including phenoxy) is 1. The fourth-order valence-electron chi connectivity index (χ4n) is 2.38. The minimum atomic E-state index is -4.70. The lowest BCUT2D eigenvalue weighted by Crippen LogP contribution is -2.17. The van der Waals surface area contributed by atoms with Crippen molar-refractivity contribution in [3.05, 3.63) is 34.5 Å². The molecule has 1 aromatic heterocycles. The number of benzene rings is 1. The molecule has 2 aromatic rings. The van der Waals surface area contributed by atoms with Crippen LogP contribution in [-0.4, -0.2) is 11.3 Å². The first-order valence-corrected chi connectivity index (χ1v) is 6.18. The summed E-state index contributed by atoms with van der Waals surface area (Å²) < 4.78 is 40.5. The van der Waals surface area contributed by atoms with E-state index in [0.29, 0.717) is 15.9 Å². The van der Waals surface area contributed by atoms with Crippen molar-refractivity contribution in [2.75, 3.05) is 0 Å². The molecule has 19 heavy (non-hydrogen) atoms. The third-order valence-corrected chi connectivity index (χ3v) is 3.58. The molecule has 0 saturated carbocycles. The molecule has 0 amide bonds. The van der Waals surface area contributed by atoms with E-state index in [-0.39, 0.29) is 5.75 Å². The number of halogens is 4. The van der Waals surface area contributed by atoms with Crippen molar-refractivity contribution in [2.45, 2.75) is 25.6 Å². The van der Waals surface area contributed by atoms with Gasteiger partial charge in [-0.05, 0) is 43.0 Å². The van der Waals surface area contributed by atoms with Gasteiger partial charge < -0.3 is 4.74 Å². The predicted molar refractivity (Wildman–Crippen MR) is 65.5 cm³/mol. The van der Waals surface area contributed by atoms with Gasteiger partial charge in [0.2, 0.25) is 0 Å². The number of hydrogen-bond acceptors (Lipinski definition) is 2. The van der Waals surface area contributed by atoms with Gasteiger partial charge in [0.25, 0.3) is 0 Å². The smallest absolute Gasteiger partial charge is 0.406 e. The molecule has 0 radical (unpaired) electrons. The summed E-state index contributed by atoms with van der Waals surface area (Å²) in [5, 5.41) is 0.995. The maximum absolute atomic E-state index is 12.2. The van der Waals surface area contributed by atoms with Gasteiger partial charge in [0.05, 0.1) is 10.5 Å². The first kappa shape index (κ1) is 12.5. The van der Waals surface area contributed by atoms with Crippen LogP contribution in [0.15, 0.2) is 18.2 Å². The Bertz CT molecular complexity index is 654. The summed E-state index contributed by atoms with van der Waals surface area (Å²) in [6, 6.07) is 4.04. The standard InChI is InChI=1S/C13H9ClF3NO/c14-12-8-2-1-3-10(8)18-11-5-4-7(6-9(11)12)19-13(15,16)17/h4-6H,1-3H2. The van der Waals surface area contributed by atoms with Crippen molar-refractivity contribution in [1.82, 2.24) is 4.98 Å². The SMILES string of the molecule is FC(F)(F)Oc1ccc2nc3c(c(Cl)c2c1)CCC3. The number of nitrogens with zero attached hydrogens (tertiary/aromatic N) is 1. The van der Waals surface area contributed by atoms with Crippen LogP contribution in [0.2, 0.25) is 5.02 Å². The Hall–Kier alpha value is -1.49. The Morgan fingerprint density at radius 2 is 2.00 bits per heavy atom. The molecule has 1 heterocycles. The van der Waals surface area contributed by atoms with Crippen LogP contribution < -0.4 is 4.74 Å². The number of pyridine rings is 1. The number of alkyl halides is 3. The normalized spacial score (nSPS) is 14.7. The average Bonchev–Trinajstić information content (AvgIpc) is 2.76. The Morgan fingerprint density at radius 1 is 1.21 bits per heavy atom. The van der Waals surface area contributed by atoms with Gasteiger partial charge in [0, 0.05) is 11.1 Å². The van der Waals surface area contributed by atoms with Crippen LogP contribution in [0.4, 0.5) is 13.2 Å². The molecule has 100 valence electrons. The van der Waals surface area contributed by atoms with Gasteiger partial charge in [-0.3, -0.25) is 4.98 Å². The lowest BCUT2D eigenvalue weighted by atomic mass is 10.1. The van der Waals surface area contributed by atoms with Crippen molar-refractivity contribution in [2.24, 2.45) is 0 Å². The summed E-state index contributed by atoms with van der Waals surface area (Å²) in [6.45, 7) is 0. The highest BCUT2D eigenvalue weighted by Crippen LogP contribution is 2.35. The molecule has 0 aliphatic heterocycles. The third-order valence-electron chi connectivity index (χ3n) is 3.15. The predicted octanol–water partition coefficient (Wildman–Crippen LogP) is 4.28. The van der Waals surface area contributed by atoms with E-state index < -0.39 is 6.36 Å². The number of aryl methyl sites for hydroxylation is 1. The Kier molecular flexibility index (Phi) is 2.82. The summed E-state index contributed by atoms with van der Waals surface area (Å²) in [5.74, 6) is -0.276. The molecule has 0 spiro atoms. The number of hydrogen-bond donors (Lipinski definition) is 0. The second-order valence-electron chi connectivity index (χ2n) is 4.43. The Morgan fingerprint density at radius 3 is 2.74 bits per heavy atom. The van der Waals surface area contributed by atoms with Crippen molar-refractivity contribution in [3.8, 4) is 5.75 Å². The van der Waals surface area contributed by atoms with E-state index in [1.54, 1.807) is 0 Å². The zero-order valence-corrected chi connectivity index (χ0v) is 10.5. The van der Waals surface area contributed by atoms with Crippen molar-refractivity contribution in [1.29, 1.82) is 0 Å². The van der Waals surface area contributed by atoms with Gasteiger partial charge in [-0.15, -0.1) is 13.2 Å². The van der Waals surface area contributed by atoms with Crippen LogP contribution in [0.25, 0.3) is 10.9 Å². The molecule has 1 aliphatic rings. The molecule has 3 rings (SSSR count). The zero-order valence-electron chi connectivity index (χ0n) is 9.72. The first-order valence-electron chi connectivity index (χ1n) is 5.81. The molecule has 1 aliphatic carbocycles. The Labute approximate surface area is 112 Å². The quantitative estimate of drug-likeness (QED) is 0.781. The molecule has 0 saturated heterocycles. The molecule has 0 atom stereocenters. The fourth-order valence-corrected chi connectivity index (χ4v) is 2.74. The number of rotatable bonds is 1. The molecule has 6 heteroatoms. The van der Waals surface area contributed by atoms with Crippen LogP contribution in [-0.2, 0) is 12.8 Å². The highest BCUT2D eigenvalue weighted by molar-refractivity contribution is 6.36. The van der Waals surface area contributed by atoms with E-state index in [1.807, 2.05) is 0 Å². The molecule has 0 unspecified atom stereocenters. The first-order chi connectivity index (χ1) is 8.94. The number of fused-ring (bicyclic) bond motifs is 2. The van der Waals surface area contributed by atoms with Crippen molar-refractivity contribution < 1.29 is 17.9 Å². The highest BCUT2D eigenvalue weighted by Gasteiger charge is 2.31. The van der Waals surface area contributed by atoms with Gasteiger partial charge in [-0.25, -0.2) is 0 Å². The lowest BCUT2D eigenvalue weighted by Gasteiger charge is -2.11. The molecule has 0 fully saturated rings. The Balaban J connectivity index is 2.13. The molecular weight excluding hydrogens is 279 g/mol. The maximum atomic E-state index is 12.2. The van der Waals surface area contributed by atoms with Crippen LogP contribution in [0.1, 0.15) is 17.7 Å². The summed E-state index contributed by atoms with van der Waals surface area (Å²) in [6.07, 6.45) is -2.04. The van der Waals surface area contributed by atoms with Gasteiger partial charge in [0.1, 0.15) is 5.75 Å². The third kappa shape index (κ3) is 2.34. The van der Waals surface area contributed by atoms with Crippen LogP contribution in [0.3, 0.4) is 0 Å². The summed E-state index contributed by atoms with van der Waals surface area (Å²) in [5.41, 5.74) is 2.49. The maximum Gasteiger partial charge on any atom is 0.573 e. The van der Waals surface area contributed by atoms with E-state index in [4.69, 9.17) is 11.6 Å². The van der Waals surface area contributed by atoms with Gasteiger partial charge >= 0.3 is 6.36 Å². The lowest BCUT2D eigenvalue weighted by molar-refractivity contribution is -0.274. The van der Waals surface area contributed by atoms with Crippen LogP contribution >= 0.6 is 11.6 Å². The highest BCUT2D eigenvalue weighted by atomic mass is 35.5. The van der Waals surface area contributed by atoms with Crippen LogP contribution in [0, 0.1) is 0 Å². The van der Waals surface area contributed by atoms with E-state index >= 15 is 0 Å². The topological polar surface area (TPSA) is 22.1 Å². The average molecular weight is 288 g/mol. The van der Waals surface area contributed by atoms with Crippen molar-refractivity contribution >= 4 is 22.5 Å². The van der Waals surface area contributed by atoms with Gasteiger partial charge in [0.15, 0.2) is 0 Å². The van der Waals surface area contributed by atoms with E-state index in [1.165, 1.54) is 18.2 Å². The van der Waals surface area contributed by atoms with Gasteiger partial charge in [-0.1, -0.05) is 11.6 Å². The monoisotopic (exact) mass is 287 g/mol. The zero-order chi connectivity index (χ0) is 13.6. The largest absolute Gasteiger partial charge is 0.573 e. The van der Waals surface area contributed by atoms with Crippen LogP contribution in [0.5, 0.6) is 5.75 Å². The second-order valence-corrected chi connectivity index (χ2v) is 4.81. The molecule has 2 nitrogen and oxygen atoms in total. The summed E-state index contributed by atoms with van der Waals surface area (Å²) in [4.78, 5) is 4.43. The molecule has 0 N–H and O–H groups in total. The second kappa shape index (κ2) is 4.27. The minimum Gasteiger partial charge on any atom is -0.406 e. The van der Waals surface area contributed by atoms with Crippen molar-refractivity contribution in [3.63, 3.8) is 0 Å². The molecule has 1 aromatic carbocycles. The summed E-state index contributed by atoms with van der Waals surface area (Å²) >= 11 is 6.25.